The second-order valence-corrected chi connectivity index (χ2v) is 6.47. The van der Waals surface area contributed by atoms with Gasteiger partial charge in [0.1, 0.15) is 0 Å². The van der Waals surface area contributed by atoms with Crippen molar-refractivity contribution in [1.29, 1.82) is 0 Å². The second kappa shape index (κ2) is 5.32. The van der Waals surface area contributed by atoms with Gasteiger partial charge in [0.05, 0.1) is 19.1 Å². The van der Waals surface area contributed by atoms with Crippen LogP contribution in [0.1, 0.15) is 40.0 Å². The van der Waals surface area contributed by atoms with Gasteiger partial charge < -0.3 is 9.84 Å². The van der Waals surface area contributed by atoms with Crippen molar-refractivity contribution < 1.29 is 19.4 Å². The topological polar surface area (TPSA) is 63.6 Å². The molecule has 0 unspecified atom stereocenters. The van der Waals surface area contributed by atoms with Crippen molar-refractivity contribution in [3.05, 3.63) is 11.6 Å². The molecule has 2 aliphatic carbocycles. The fraction of sp³-hybridized carbons (Fsp3) is 0.750. The first-order valence-corrected chi connectivity index (χ1v) is 7.33. The summed E-state index contributed by atoms with van der Waals surface area (Å²) in [5.41, 5.74) is 0.333. The Morgan fingerprint density at radius 2 is 2.15 bits per heavy atom. The Morgan fingerprint density at radius 1 is 1.50 bits per heavy atom. The molecule has 4 nitrogen and oxygen atoms in total. The Bertz CT molecular complexity index is 453. The summed E-state index contributed by atoms with van der Waals surface area (Å²) in [4.78, 5) is 24.0. The van der Waals surface area contributed by atoms with Gasteiger partial charge in [0.25, 0.3) is 0 Å². The molecular weight excluding hydrogens is 256 g/mol. The zero-order valence-electron chi connectivity index (χ0n) is 12.7. The van der Waals surface area contributed by atoms with E-state index in [1.54, 1.807) is 6.92 Å². The number of allylic oxidation sites excluding steroid dienone is 1. The summed E-state index contributed by atoms with van der Waals surface area (Å²) in [7, 11) is 1.34. The van der Waals surface area contributed by atoms with Crippen molar-refractivity contribution in [3.63, 3.8) is 0 Å². The third kappa shape index (κ3) is 2.30. The van der Waals surface area contributed by atoms with Gasteiger partial charge >= 0.3 is 5.97 Å². The molecule has 5 atom stereocenters. The van der Waals surface area contributed by atoms with Gasteiger partial charge in [0, 0.05) is 12.0 Å². The molecule has 20 heavy (non-hydrogen) atoms. The fourth-order valence-electron chi connectivity index (χ4n) is 3.72. The lowest BCUT2D eigenvalue weighted by atomic mass is 9.56. The van der Waals surface area contributed by atoms with Crippen LogP contribution in [-0.4, -0.2) is 30.1 Å². The fourth-order valence-corrected chi connectivity index (χ4v) is 3.72. The maximum atomic E-state index is 12.3. The van der Waals surface area contributed by atoms with Crippen LogP contribution in [0.4, 0.5) is 0 Å². The first-order chi connectivity index (χ1) is 9.31. The zero-order chi connectivity index (χ0) is 15.1. The van der Waals surface area contributed by atoms with Crippen molar-refractivity contribution in [2.75, 3.05) is 7.11 Å². The van der Waals surface area contributed by atoms with Gasteiger partial charge in [-0.15, -0.1) is 0 Å². The van der Waals surface area contributed by atoms with E-state index < -0.39 is 5.92 Å². The molecule has 0 bridgehead atoms. The number of ether oxygens (including phenoxy) is 1. The molecule has 4 heteroatoms. The number of methoxy groups -OCH3 is 1. The maximum Gasteiger partial charge on any atom is 0.312 e. The van der Waals surface area contributed by atoms with Gasteiger partial charge in [-0.1, -0.05) is 19.9 Å². The first-order valence-electron chi connectivity index (χ1n) is 7.33. The van der Waals surface area contributed by atoms with Gasteiger partial charge in [-0.3, -0.25) is 9.59 Å². The third-order valence-electron chi connectivity index (χ3n) is 5.49. The average molecular weight is 280 g/mol. The van der Waals surface area contributed by atoms with Crippen molar-refractivity contribution in [2.45, 2.75) is 46.1 Å². The summed E-state index contributed by atoms with van der Waals surface area (Å²) < 4.78 is 4.75. The van der Waals surface area contributed by atoms with E-state index in [1.807, 2.05) is 13.0 Å². The molecule has 0 heterocycles. The third-order valence-corrected chi connectivity index (χ3v) is 5.49. The quantitative estimate of drug-likeness (QED) is 0.787. The number of aliphatic hydroxyl groups is 1. The summed E-state index contributed by atoms with van der Waals surface area (Å²) in [6.07, 6.45) is 3.70. The Morgan fingerprint density at radius 3 is 2.75 bits per heavy atom. The van der Waals surface area contributed by atoms with Crippen molar-refractivity contribution in [3.8, 4) is 0 Å². The Hall–Kier alpha value is -1.16. The number of hydrogen-bond acceptors (Lipinski definition) is 4. The first kappa shape index (κ1) is 15.2. The van der Waals surface area contributed by atoms with Gasteiger partial charge in [-0.05, 0) is 37.0 Å². The minimum atomic E-state index is -0.531. The molecule has 2 rings (SSSR count). The number of ketones is 1. The molecule has 0 saturated heterocycles. The standard InChI is InChI=1S/C16H24O4/c1-9(15(19)20-4)12-8-16(3)10(2)13(17)6-5-11(16)7-14(12)18/h8-11,13,17H,5-7H2,1-4H3/t9-,10-,11+,13-,16+/m0/s1. The van der Waals surface area contributed by atoms with Crippen LogP contribution in [0.5, 0.6) is 0 Å². The molecule has 2 aliphatic rings. The molecular formula is C16H24O4. The average Bonchev–Trinajstić information content (AvgIpc) is 2.43. The Balaban J connectivity index is 2.38. The highest BCUT2D eigenvalue weighted by atomic mass is 16.5. The van der Waals surface area contributed by atoms with E-state index in [9.17, 15) is 14.7 Å². The lowest BCUT2D eigenvalue weighted by Gasteiger charge is -2.49. The lowest BCUT2D eigenvalue weighted by Crippen LogP contribution is -2.47. The predicted octanol–water partition coefficient (Wildman–Crippen LogP) is 2.11. The van der Waals surface area contributed by atoms with Crippen molar-refractivity contribution >= 4 is 11.8 Å². The molecule has 0 amide bonds. The van der Waals surface area contributed by atoms with Crippen LogP contribution < -0.4 is 0 Å². The smallest absolute Gasteiger partial charge is 0.312 e. The maximum absolute atomic E-state index is 12.3. The second-order valence-electron chi connectivity index (χ2n) is 6.47. The van der Waals surface area contributed by atoms with Gasteiger partial charge in [-0.2, -0.15) is 0 Å². The normalized spacial score (nSPS) is 38.8. The van der Waals surface area contributed by atoms with E-state index in [0.717, 1.165) is 12.8 Å². The Labute approximate surface area is 120 Å². The van der Waals surface area contributed by atoms with Gasteiger partial charge in [0.2, 0.25) is 0 Å². The number of carbonyl (C=O) groups excluding carboxylic acids is 2. The molecule has 1 N–H and O–H groups in total. The number of esters is 1. The van der Waals surface area contributed by atoms with Gasteiger partial charge in [0.15, 0.2) is 5.78 Å². The zero-order valence-corrected chi connectivity index (χ0v) is 12.7. The van der Waals surface area contributed by atoms with Crippen molar-refractivity contribution in [2.24, 2.45) is 23.2 Å². The summed E-state index contributed by atoms with van der Waals surface area (Å²) >= 11 is 0. The summed E-state index contributed by atoms with van der Waals surface area (Å²) in [5.74, 6) is -0.502. The summed E-state index contributed by atoms with van der Waals surface area (Å²) in [5, 5.41) is 10.1. The minimum Gasteiger partial charge on any atom is -0.469 e. The highest BCUT2D eigenvalue weighted by Crippen LogP contribution is 2.51. The summed E-state index contributed by atoms with van der Waals surface area (Å²) in [6, 6.07) is 0. The van der Waals surface area contributed by atoms with E-state index in [2.05, 4.69) is 6.92 Å². The van der Waals surface area contributed by atoms with Crippen molar-refractivity contribution in [1.82, 2.24) is 0 Å². The monoisotopic (exact) mass is 280 g/mol. The van der Waals surface area contributed by atoms with Gasteiger partial charge in [-0.25, -0.2) is 0 Å². The van der Waals surface area contributed by atoms with E-state index in [1.165, 1.54) is 7.11 Å². The minimum absolute atomic E-state index is 0.0500. The van der Waals surface area contributed by atoms with Crippen LogP contribution in [0.2, 0.25) is 0 Å². The van der Waals surface area contributed by atoms with Crippen LogP contribution in [0.25, 0.3) is 0 Å². The van der Waals surface area contributed by atoms with Crippen LogP contribution in [0.3, 0.4) is 0 Å². The highest BCUT2D eigenvalue weighted by Gasteiger charge is 2.48. The Kier molecular flexibility index (Phi) is 4.05. The molecule has 0 spiro atoms. The number of hydrogen-bond donors (Lipinski definition) is 1. The highest BCUT2D eigenvalue weighted by molar-refractivity contribution is 6.01. The van der Waals surface area contributed by atoms with Crippen LogP contribution in [0.15, 0.2) is 11.6 Å². The molecule has 1 fully saturated rings. The SMILES string of the molecule is COC(=O)[C@@H](C)C1=C[C@@]2(C)[C@H](CC[C@H](O)[C@@H]2C)CC1=O. The van der Waals surface area contributed by atoms with Crippen LogP contribution in [-0.2, 0) is 14.3 Å². The molecule has 0 radical (unpaired) electrons. The number of aliphatic hydroxyl groups excluding tert-OH is 1. The predicted molar refractivity (Wildman–Crippen MR) is 74.9 cm³/mol. The number of fused-ring (bicyclic) bond motifs is 1. The molecule has 112 valence electrons. The van der Waals surface area contributed by atoms with E-state index in [-0.39, 0.29) is 35.1 Å². The molecule has 0 aromatic carbocycles. The molecule has 0 aromatic rings. The van der Waals surface area contributed by atoms with E-state index >= 15 is 0 Å². The van der Waals surface area contributed by atoms with E-state index in [0.29, 0.717) is 12.0 Å². The number of rotatable bonds is 2. The lowest BCUT2D eigenvalue weighted by molar-refractivity contribution is -0.144. The molecule has 0 aromatic heterocycles. The van der Waals surface area contributed by atoms with Crippen LogP contribution in [0, 0.1) is 23.2 Å². The summed E-state index contributed by atoms with van der Waals surface area (Å²) in [6.45, 7) is 5.84. The van der Waals surface area contributed by atoms with Crippen LogP contribution >= 0.6 is 0 Å². The molecule has 1 saturated carbocycles. The van der Waals surface area contributed by atoms with E-state index in [4.69, 9.17) is 4.74 Å². The molecule has 0 aliphatic heterocycles. The largest absolute Gasteiger partial charge is 0.469 e. The number of carbonyl (C=O) groups is 2. The number of Topliss-reactive ketones (excluding diaryl/α,β-unsaturated/α-hetero) is 1.